The van der Waals surface area contributed by atoms with Crippen LogP contribution in [0.1, 0.15) is 32.1 Å². The van der Waals surface area contributed by atoms with E-state index in [0.29, 0.717) is 31.5 Å². The molecular weight excluding hydrogens is 336 g/mol. The molecule has 0 radical (unpaired) electrons. The van der Waals surface area contributed by atoms with E-state index in [1.807, 2.05) is 12.1 Å². The Labute approximate surface area is 150 Å². The number of carboxylic acid groups (broad SMARTS) is 1. The zero-order chi connectivity index (χ0) is 18.1. The predicted octanol–water partition coefficient (Wildman–Crippen LogP) is 0.806. The first-order valence-electron chi connectivity index (χ1n) is 9.09. The lowest BCUT2D eigenvalue weighted by Crippen LogP contribution is -2.51. The third-order valence-corrected chi connectivity index (χ3v) is 5.39. The fourth-order valence-electron chi connectivity index (χ4n) is 3.93. The highest BCUT2D eigenvalue weighted by Crippen LogP contribution is 2.26. The summed E-state index contributed by atoms with van der Waals surface area (Å²) in [4.78, 5) is 28.0. The van der Waals surface area contributed by atoms with E-state index in [1.54, 1.807) is 15.7 Å². The monoisotopic (exact) mass is 358 g/mol. The normalized spacial score (nSPS) is 21.9. The molecule has 2 fully saturated rings. The van der Waals surface area contributed by atoms with E-state index in [-0.39, 0.29) is 11.8 Å². The lowest BCUT2D eigenvalue weighted by atomic mass is 9.92. The Bertz CT molecular complexity index is 814. The number of piperidine rings is 2. The summed E-state index contributed by atoms with van der Waals surface area (Å²) < 4.78 is 1.64. The zero-order valence-corrected chi connectivity index (χ0v) is 14.5. The smallest absolute Gasteiger partial charge is 0.326 e. The summed E-state index contributed by atoms with van der Waals surface area (Å²) in [7, 11) is 0. The third-order valence-electron chi connectivity index (χ3n) is 5.39. The van der Waals surface area contributed by atoms with Crippen molar-refractivity contribution in [3.05, 3.63) is 18.5 Å². The van der Waals surface area contributed by atoms with Crippen molar-refractivity contribution in [1.29, 1.82) is 0 Å². The molecule has 138 valence electrons. The van der Waals surface area contributed by atoms with Crippen molar-refractivity contribution in [2.45, 2.75) is 38.1 Å². The lowest BCUT2D eigenvalue weighted by Gasteiger charge is -2.38. The standard InChI is InChI=1S/C17H22N6O3/c24-16(22-8-2-1-3-13(22)17(25)26)12-6-9-21(10-7-12)15-5-4-14-19-18-11-23(14)20-15/h4-5,11-13H,1-3,6-10H2,(H,25,26). The fraction of sp³-hybridized carbons (Fsp3) is 0.588. The largest absolute Gasteiger partial charge is 0.480 e. The van der Waals surface area contributed by atoms with Crippen LogP contribution < -0.4 is 4.90 Å². The van der Waals surface area contributed by atoms with Crippen molar-refractivity contribution in [2.75, 3.05) is 24.5 Å². The van der Waals surface area contributed by atoms with Crippen molar-refractivity contribution in [3.8, 4) is 0 Å². The molecule has 26 heavy (non-hydrogen) atoms. The molecule has 2 aromatic heterocycles. The highest BCUT2D eigenvalue weighted by atomic mass is 16.4. The molecule has 9 nitrogen and oxygen atoms in total. The second-order valence-electron chi connectivity index (χ2n) is 6.97. The van der Waals surface area contributed by atoms with E-state index in [2.05, 4.69) is 20.2 Å². The summed E-state index contributed by atoms with van der Waals surface area (Å²) in [5.41, 5.74) is 0.698. The van der Waals surface area contributed by atoms with Crippen molar-refractivity contribution >= 4 is 23.3 Å². The van der Waals surface area contributed by atoms with Gasteiger partial charge in [-0.05, 0) is 44.2 Å². The maximum atomic E-state index is 12.9. The number of carbonyl (C=O) groups excluding carboxylic acids is 1. The molecule has 0 aromatic carbocycles. The molecule has 9 heteroatoms. The summed E-state index contributed by atoms with van der Waals surface area (Å²) in [6, 6.07) is 3.13. The SMILES string of the molecule is O=C(O)C1CCCCN1C(=O)C1CCN(c2ccc3nncn3n2)CC1. The van der Waals surface area contributed by atoms with Gasteiger partial charge in [0.15, 0.2) is 5.65 Å². The van der Waals surface area contributed by atoms with Gasteiger partial charge >= 0.3 is 5.97 Å². The highest BCUT2D eigenvalue weighted by molar-refractivity contribution is 5.85. The summed E-state index contributed by atoms with van der Waals surface area (Å²) in [6.45, 7) is 2.01. The summed E-state index contributed by atoms with van der Waals surface area (Å²) in [5, 5.41) is 21.7. The average molecular weight is 358 g/mol. The van der Waals surface area contributed by atoms with Gasteiger partial charge in [0.2, 0.25) is 5.91 Å². The molecule has 0 bridgehead atoms. The summed E-state index contributed by atoms with van der Waals surface area (Å²) >= 11 is 0. The molecule has 1 N–H and O–H groups in total. The highest BCUT2D eigenvalue weighted by Gasteiger charge is 2.36. The minimum atomic E-state index is -0.887. The number of fused-ring (bicyclic) bond motifs is 1. The van der Waals surface area contributed by atoms with Crippen LogP contribution in [0.5, 0.6) is 0 Å². The molecule has 1 unspecified atom stereocenters. The number of aliphatic carboxylic acids is 1. The number of hydrogen-bond donors (Lipinski definition) is 1. The quantitative estimate of drug-likeness (QED) is 0.865. The summed E-state index contributed by atoms with van der Waals surface area (Å²) in [5.74, 6) is -0.157. The van der Waals surface area contributed by atoms with Crippen molar-refractivity contribution in [3.63, 3.8) is 0 Å². The number of rotatable bonds is 3. The van der Waals surface area contributed by atoms with Gasteiger partial charge in [-0.25, -0.2) is 4.79 Å². The Hall–Kier alpha value is -2.71. The molecular formula is C17H22N6O3. The van der Waals surface area contributed by atoms with E-state index in [1.165, 1.54) is 0 Å². The van der Waals surface area contributed by atoms with Crippen LogP contribution in [0.15, 0.2) is 18.5 Å². The first kappa shape index (κ1) is 16.7. The molecule has 0 saturated carbocycles. The van der Waals surface area contributed by atoms with E-state index < -0.39 is 12.0 Å². The van der Waals surface area contributed by atoms with Crippen LogP contribution >= 0.6 is 0 Å². The molecule has 2 saturated heterocycles. The van der Waals surface area contributed by atoms with Gasteiger partial charge in [-0.3, -0.25) is 4.79 Å². The fourth-order valence-corrected chi connectivity index (χ4v) is 3.93. The van der Waals surface area contributed by atoms with E-state index in [9.17, 15) is 14.7 Å². The van der Waals surface area contributed by atoms with Crippen LogP contribution in [0.3, 0.4) is 0 Å². The second-order valence-corrected chi connectivity index (χ2v) is 6.97. The number of amides is 1. The Morgan fingerprint density at radius 3 is 2.65 bits per heavy atom. The van der Waals surface area contributed by atoms with Crippen LogP contribution in [0, 0.1) is 5.92 Å². The van der Waals surface area contributed by atoms with Gasteiger partial charge in [-0.15, -0.1) is 15.3 Å². The molecule has 0 spiro atoms. The predicted molar refractivity (Wildman–Crippen MR) is 92.7 cm³/mol. The summed E-state index contributed by atoms with van der Waals surface area (Å²) in [6.07, 6.45) is 5.31. The molecule has 4 rings (SSSR count). The van der Waals surface area contributed by atoms with Gasteiger partial charge < -0.3 is 14.9 Å². The molecule has 2 aliphatic heterocycles. The second kappa shape index (κ2) is 6.89. The number of nitrogens with zero attached hydrogens (tertiary/aromatic N) is 6. The molecule has 0 aliphatic carbocycles. The number of carboxylic acids is 1. The van der Waals surface area contributed by atoms with Crippen LogP contribution in [-0.4, -0.2) is 67.4 Å². The molecule has 1 atom stereocenters. The van der Waals surface area contributed by atoms with E-state index in [4.69, 9.17) is 0 Å². The van der Waals surface area contributed by atoms with Crippen molar-refractivity contribution in [1.82, 2.24) is 24.7 Å². The van der Waals surface area contributed by atoms with Gasteiger partial charge in [0.05, 0.1) is 0 Å². The van der Waals surface area contributed by atoms with Crippen LogP contribution in [-0.2, 0) is 9.59 Å². The number of hydrogen-bond acceptors (Lipinski definition) is 6. The molecule has 2 aromatic rings. The third kappa shape index (κ3) is 3.09. The Kier molecular flexibility index (Phi) is 4.44. The Morgan fingerprint density at radius 2 is 1.88 bits per heavy atom. The van der Waals surface area contributed by atoms with Gasteiger partial charge in [0.1, 0.15) is 18.2 Å². The minimum absolute atomic E-state index is 0.000953. The molecule has 4 heterocycles. The first-order chi connectivity index (χ1) is 12.6. The van der Waals surface area contributed by atoms with Crippen molar-refractivity contribution in [2.24, 2.45) is 5.92 Å². The average Bonchev–Trinajstić information content (AvgIpc) is 3.15. The maximum absolute atomic E-state index is 12.9. The van der Waals surface area contributed by atoms with E-state index >= 15 is 0 Å². The maximum Gasteiger partial charge on any atom is 0.326 e. The van der Waals surface area contributed by atoms with Crippen LogP contribution in [0.4, 0.5) is 5.82 Å². The van der Waals surface area contributed by atoms with Crippen LogP contribution in [0.25, 0.3) is 5.65 Å². The minimum Gasteiger partial charge on any atom is -0.480 e. The van der Waals surface area contributed by atoms with Crippen LogP contribution in [0.2, 0.25) is 0 Å². The Morgan fingerprint density at radius 1 is 1.08 bits per heavy atom. The first-order valence-corrected chi connectivity index (χ1v) is 9.09. The topological polar surface area (TPSA) is 104 Å². The lowest BCUT2D eigenvalue weighted by molar-refractivity contribution is -0.154. The number of carbonyl (C=O) groups is 2. The van der Waals surface area contributed by atoms with Gasteiger partial charge in [-0.1, -0.05) is 0 Å². The van der Waals surface area contributed by atoms with Gasteiger partial charge in [-0.2, -0.15) is 4.52 Å². The Balaban J connectivity index is 1.41. The number of anilines is 1. The van der Waals surface area contributed by atoms with E-state index in [0.717, 1.165) is 31.7 Å². The van der Waals surface area contributed by atoms with Gasteiger partial charge in [0, 0.05) is 25.6 Å². The van der Waals surface area contributed by atoms with Gasteiger partial charge in [0.25, 0.3) is 0 Å². The molecule has 1 amide bonds. The van der Waals surface area contributed by atoms with Crippen molar-refractivity contribution < 1.29 is 14.7 Å². The molecule has 2 aliphatic rings. The zero-order valence-electron chi connectivity index (χ0n) is 14.5. The number of aromatic nitrogens is 4. The number of likely N-dealkylation sites (tertiary alicyclic amines) is 1.